The van der Waals surface area contributed by atoms with Crippen LogP contribution < -0.4 is 15.8 Å². The summed E-state index contributed by atoms with van der Waals surface area (Å²) in [5.74, 6) is 1.51. The highest BCUT2D eigenvalue weighted by Gasteiger charge is 2.09. The van der Waals surface area contributed by atoms with Crippen LogP contribution in [0.4, 0.5) is 0 Å². The Balaban J connectivity index is 1.53. The van der Waals surface area contributed by atoms with E-state index in [1.807, 2.05) is 6.07 Å². The highest BCUT2D eigenvalue weighted by atomic mass is 16.5. The molecule has 1 aromatic rings. The molecule has 140 valence electrons. The van der Waals surface area contributed by atoms with Crippen LogP contribution in [0.5, 0.6) is 5.75 Å². The Morgan fingerprint density at radius 3 is 2.68 bits per heavy atom. The number of hydrogen-bond acceptors (Lipinski definition) is 4. The van der Waals surface area contributed by atoms with Crippen molar-refractivity contribution in [3.8, 4) is 5.75 Å². The molecule has 0 atom stereocenters. The monoisotopic (exact) mass is 348 g/mol. The van der Waals surface area contributed by atoms with Crippen LogP contribution in [0.15, 0.2) is 23.2 Å². The van der Waals surface area contributed by atoms with E-state index in [-0.39, 0.29) is 0 Å². The van der Waals surface area contributed by atoms with Crippen molar-refractivity contribution in [3.05, 3.63) is 29.3 Å². The predicted molar refractivity (Wildman–Crippen MR) is 102 cm³/mol. The summed E-state index contributed by atoms with van der Waals surface area (Å²) in [7, 11) is 0. The number of nitrogens with two attached hydrogens (primary N) is 1. The van der Waals surface area contributed by atoms with Gasteiger partial charge in [0.05, 0.1) is 19.8 Å². The van der Waals surface area contributed by atoms with Crippen molar-refractivity contribution in [2.75, 3.05) is 52.5 Å². The van der Waals surface area contributed by atoms with Crippen LogP contribution in [-0.4, -0.2) is 63.4 Å². The number of aliphatic imine (C=N–C) groups is 1. The minimum absolute atomic E-state index is 0.522. The van der Waals surface area contributed by atoms with Crippen LogP contribution in [0.3, 0.4) is 0 Å². The number of ether oxygens (including phenoxy) is 2. The van der Waals surface area contributed by atoms with E-state index in [0.717, 1.165) is 58.0 Å². The molecule has 1 aliphatic rings. The topological polar surface area (TPSA) is 72.1 Å². The van der Waals surface area contributed by atoms with Crippen molar-refractivity contribution in [3.63, 3.8) is 0 Å². The summed E-state index contributed by atoms with van der Waals surface area (Å²) in [5, 5.41) is 3.18. The Morgan fingerprint density at radius 1 is 1.24 bits per heavy atom. The number of benzene rings is 1. The minimum Gasteiger partial charge on any atom is -0.493 e. The lowest BCUT2D eigenvalue weighted by molar-refractivity contribution is 0.0376. The van der Waals surface area contributed by atoms with Gasteiger partial charge in [-0.1, -0.05) is 18.2 Å². The number of nitrogens with one attached hydrogen (secondary N) is 1. The van der Waals surface area contributed by atoms with E-state index in [1.54, 1.807) is 0 Å². The van der Waals surface area contributed by atoms with E-state index < -0.39 is 0 Å². The molecule has 1 aliphatic heterocycles. The van der Waals surface area contributed by atoms with Crippen molar-refractivity contribution in [1.29, 1.82) is 0 Å². The van der Waals surface area contributed by atoms with Crippen molar-refractivity contribution in [2.24, 2.45) is 10.7 Å². The fourth-order valence-corrected chi connectivity index (χ4v) is 2.86. The Kier molecular flexibility index (Phi) is 8.55. The highest BCUT2D eigenvalue weighted by Crippen LogP contribution is 2.22. The molecule has 0 saturated carbocycles. The van der Waals surface area contributed by atoms with Crippen molar-refractivity contribution < 1.29 is 9.47 Å². The van der Waals surface area contributed by atoms with Gasteiger partial charge in [0.1, 0.15) is 5.75 Å². The van der Waals surface area contributed by atoms with Gasteiger partial charge >= 0.3 is 0 Å². The van der Waals surface area contributed by atoms with Gasteiger partial charge in [-0.3, -0.25) is 9.89 Å². The number of hydrogen-bond donors (Lipinski definition) is 2. The smallest absolute Gasteiger partial charge is 0.188 e. The molecular weight excluding hydrogens is 316 g/mol. The molecule has 0 radical (unpaired) electrons. The SMILES string of the molecule is Cc1cccc(C)c1OCCCN=C(N)NCCCN1CCOCC1. The Labute approximate surface area is 151 Å². The third-order valence-corrected chi connectivity index (χ3v) is 4.30. The molecule has 3 N–H and O–H groups in total. The molecule has 6 nitrogen and oxygen atoms in total. The van der Waals surface area contributed by atoms with Gasteiger partial charge in [0, 0.05) is 32.6 Å². The molecule has 0 aromatic heterocycles. The van der Waals surface area contributed by atoms with Crippen molar-refractivity contribution in [1.82, 2.24) is 10.2 Å². The van der Waals surface area contributed by atoms with E-state index in [1.165, 1.54) is 11.1 Å². The summed E-state index contributed by atoms with van der Waals surface area (Å²) >= 11 is 0. The summed E-state index contributed by atoms with van der Waals surface area (Å²) in [5.41, 5.74) is 8.24. The second kappa shape index (κ2) is 10.9. The summed E-state index contributed by atoms with van der Waals surface area (Å²) in [4.78, 5) is 6.77. The van der Waals surface area contributed by atoms with Gasteiger partial charge in [0.2, 0.25) is 0 Å². The molecule has 0 unspecified atom stereocenters. The Morgan fingerprint density at radius 2 is 1.96 bits per heavy atom. The van der Waals surface area contributed by atoms with Crippen LogP contribution in [-0.2, 0) is 4.74 Å². The maximum atomic E-state index is 5.90. The molecule has 0 amide bonds. The average Bonchev–Trinajstić information content (AvgIpc) is 2.61. The maximum absolute atomic E-state index is 5.90. The number of aryl methyl sites for hydroxylation is 2. The van der Waals surface area contributed by atoms with Crippen LogP contribution >= 0.6 is 0 Å². The molecule has 0 aliphatic carbocycles. The molecule has 2 rings (SSSR count). The Hall–Kier alpha value is -1.79. The lowest BCUT2D eigenvalue weighted by Crippen LogP contribution is -2.39. The molecule has 1 saturated heterocycles. The molecule has 0 bridgehead atoms. The first-order chi connectivity index (χ1) is 12.2. The van der Waals surface area contributed by atoms with Crippen LogP contribution in [0, 0.1) is 13.8 Å². The third-order valence-electron chi connectivity index (χ3n) is 4.30. The van der Waals surface area contributed by atoms with Crippen molar-refractivity contribution in [2.45, 2.75) is 26.7 Å². The first kappa shape index (κ1) is 19.5. The first-order valence-electron chi connectivity index (χ1n) is 9.19. The average molecular weight is 348 g/mol. The Bertz CT molecular complexity index is 522. The molecule has 1 aromatic carbocycles. The van der Waals surface area contributed by atoms with Gasteiger partial charge in [-0.05, 0) is 37.9 Å². The summed E-state index contributed by atoms with van der Waals surface area (Å²) in [6.07, 6.45) is 1.91. The largest absolute Gasteiger partial charge is 0.493 e. The summed E-state index contributed by atoms with van der Waals surface area (Å²) in [6, 6.07) is 6.19. The zero-order chi connectivity index (χ0) is 17.9. The summed E-state index contributed by atoms with van der Waals surface area (Å²) < 4.78 is 11.2. The summed E-state index contributed by atoms with van der Waals surface area (Å²) in [6.45, 7) is 11.2. The van der Waals surface area contributed by atoms with Gasteiger partial charge in [0.15, 0.2) is 5.96 Å². The van der Waals surface area contributed by atoms with E-state index in [0.29, 0.717) is 19.1 Å². The minimum atomic E-state index is 0.522. The van der Waals surface area contributed by atoms with Gasteiger partial charge < -0.3 is 20.5 Å². The van der Waals surface area contributed by atoms with Crippen LogP contribution in [0.2, 0.25) is 0 Å². The van der Waals surface area contributed by atoms with Crippen molar-refractivity contribution >= 4 is 5.96 Å². The lowest BCUT2D eigenvalue weighted by Gasteiger charge is -2.26. The van der Waals surface area contributed by atoms with E-state index >= 15 is 0 Å². The third kappa shape index (κ3) is 7.32. The standard InChI is InChI=1S/C19H32N4O2/c1-16-6-3-7-17(2)18(16)25-13-5-9-22-19(20)21-8-4-10-23-11-14-24-15-12-23/h3,6-7H,4-5,8-15H2,1-2H3,(H3,20,21,22). The van der Waals surface area contributed by atoms with Gasteiger partial charge in [0.25, 0.3) is 0 Å². The molecule has 1 heterocycles. The van der Waals surface area contributed by atoms with E-state index in [9.17, 15) is 0 Å². The van der Waals surface area contributed by atoms with Gasteiger partial charge in [-0.2, -0.15) is 0 Å². The zero-order valence-corrected chi connectivity index (χ0v) is 15.6. The molecule has 25 heavy (non-hydrogen) atoms. The number of rotatable bonds is 9. The fraction of sp³-hybridized carbons (Fsp3) is 0.632. The first-order valence-corrected chi connectivity index (χ1v) is 9.19. The molecular formula is C19H32N4O2. The normalized spacial score (nSPS) is 16.0. The molecule has 6 heteroatoms. The van der Waals surface area contributed by atoms with Gasteiger partial charge in [-0.25, -0.2) is 0 Å². The number of nitrogens with zero attached hydrogens (tertiary/aromatic N) is 2. The second-order valence-electron chi connectivity index (χ2n) is 6.42. The second-order valence-corrected chi connectivity index (χ2v) is 6.42. The van der Waals surface area contributed by atoms with E-state index in [2.05, 4.69) is 41.2 Å². The quantitative estimate of drug-likeness (QED) is 0.404. The molecule has 1 fully saturated rings. The lowest BCUT2D eigenvalue weighted by atomic mass is 10.1. The maximum Gasteiger partial charge on any atom is 0.188 e. The molecule has 0 spiro atoms. The van der Waals surface area contributed by atoms with Crippen LogP contribution in [0.25, 0.3) is 0 Å². The zero-order valence-electron chi connectivity index (χ0n) is 15.6. The van der Waals surface area contributed by atoms with Gasteiger partial charge in [-0.15, -0.1) is 0 Å². The fourth-order valence-electron chi connectivity index (χ4n) is 2.86. The van der Waals surface area contributed by atoms with E-state index in [4.69, 9.17) is 15.2 Å². The number of guanidine groups is 1. The number of morpholine rings is 1. The predicted octanol–water partition coefficient (Wildman–Crippen LogP) is 1.70. The number of para-hydroxylation sites is 1. The highest BCUT2D eigenvalue weighted by molar-refractivity contribution is 5.77. The van der Waals surface area contributed by atoms with Crippen LogP contribution in [0.1, 0.15) is 24.0 Å².